The summed E-state index contributed by atoms with van der Waals surface area (Å²) in [6, 6.07) is 16.2. The fourth-order valence-corrected chi connectivity index (χ4v) is 3.57. The van der Waals surface area contributed by atoms with Crippen LogP contribution in [-0.2, 0) is 9.84 Å². The number of carbonyl (C=O) groups excluding carboxylic acids is 2. The second-order valence-electron chi connectivity index (χ2n) is 6.55. The topological polar surface area (TPSA) is 136 Å². The van der Waals surface area contributed by atoms with Crippen molar-refractivity contribution in [3.05, 3.63) is 77.9 Å². The molecule has 160 valence electrons. The van der Waals surface area contributed by atoms with Gasteiger partial charge in [0.15, 0.2) is 9.84 Å². The number of anilines is 1. The van der Waals surface area contributed by atoms with Gasteiger partial charge < -0.3 is 20.9 Å². The first kappa shape index (κ1) is 21.8. The van der Waals surface area contributed by atoms with E-state index in [2.05, 4.69) is 5.32 Å². The molecule has 0 aliphatic carbocycles. The van der Waals surface area contributed by atoms with Crippen LogP contribution >= 0.6 is 0 Å². The Labute approximate surface area is 179 Å². The third-order valence-electron chi connectivity index (χ3n) is 4.45. The van der Waals surface area contributed by atoms with Crippen LogP contribution in [0, 0.1) is 0 Å². The maximum Gasteiger partial charge on any atom is 0.255 e. The Bertz CT molecular complexity index is 1220. The van der Waals surface area contributed by atoms with E-state index < -0.39 is 21.7 Å². The van der Waals surface area contributed by atoms with Crippen molar-refractivity contribution in [1.82, 2.24) is 0 Å². The number of phenolic OH excluding ortho intramolecular Hbond substituents is 1. The van der Waals surface area contributed by atoms with E-state index in [0.717, 1.165) is 0 Å². The number of amides is 2. The van der Waals surface area contributed by atoms with Crippen LogP contribution in [0.15, 0.2) is 71.6 Å². The molecule has 0 aliphatic rings. The summed E-state index contributed by atoms with van der Waals surface area (Å²) >= 11 is 0. The summed E-state index contributed by atoms with van der Waals surface area (Å²) < 4.78 is 29.7. The van der Waals surface area contributed by atoms with Crippen molar-refractivity contribution in [1.29, 1.82) is 0 Å². The molecule has 3 rings (SSSR count). The molecule has 0 aromatic heterocycles. The van der Waals surface area contributed by atoms with Crippen LogP contribution in [0.25, 0.3) is 0 Å². The zero-order chi connectivity index (χ0) is 22.6. The second-order valence-corrected chi connectivity index (χ2v) is 8.83. The molecule has 0 saturated heterocycles. The lowest BCUT2D eigenvalue weighted by atomic mass is 10.2. The molecule has 0 fully saturated rings. The van der Waals surface area contributed by atoms with E-state index in [1.54, 1.807) is 36.4 Å². The predicted molar refractivity (Wildman–Crippen MR) is 115 cm³/mol. The molecule has 4 N–H and O–H groups in total. The molecule has 2 amide bonds. The highest BCUT2D eigenvalue weighted by molar-refractivity contribution is 7.91. The normalized spacial score (nSPS) is 11.0. The van der Waals surface area contributed by atoms with Crippen molar-refractivity contribution < 1.29 is 27.9 Å². The Balaban J connectivity index is 1.72. The number of nitrogens with one attached hydrogen (secondary N) is 1. The summed E-state index contributed by atoms with van der Waals surface area (Å²) in [5.41, 5.74) is 5.83. The number of ether oxygens (including phenoxy) is 1. The molecule has 0 unspecified atom stereocenters. The van der Waals surface area contributed by atoms with Gasteiger partial charge in [0.1, 0.15) is 17.2 Å². The van der Waals surface area contributed by atoms with E-state index in [9.17, 15) is 23.1 Å². The summed E-state index contributed by atoms with van der Waals surface area (Å²) in [7, 11) is -3.49. The van der Waals surface area contributed by atoms with Crippen LogP contribution in [0.3, 0.4) is 0 Å². The molecule has 0 bridgehead atoms. The monoisotopic (exact) mass is 440 g/mol. The number of primary amides is 1. The first-order valence-electron chi connectivity index (χ1n) is 9.24. The van der Waals surface area contributed by atoms with Crippen LogP contribution in [0.4, 0.5) is 5.69 Å². The Hall–Kier alpha value is -3.85. The standard InChI is InChI=1S/C22H20N2O6S/c1-2-31(28,29)18-11-12-20(25)19(13-18)24-22(27)15-5-9-17(10-6-15)30-16-7-3-14(4-8-16)21(23)26/h3-13,25H,2H2,1H3,(H2,23,26)(H,24,27). The van der Waals surface area contributed by atoms with Crippen molar-refractivity contribution in [2.24, 2.45) is 5.73 Å². The van der Waals surface area contributed by atoms with E-state index in [1.165, 1.54) is 37.3 Å². The van der Waals surface area contributed by atoms with Gasteiger partial charge in [-0.05, 0) is 66.7 Å². The highest BCUT2D eigenvalue weighted by atomic mass is 32.2. The summed E-state index contributed by atoms with van der Waals surface area (Å²) in [6.07, 6.45) is 0. The molecule has 31 heavy (non-hydrogen) atoms. The summed E-state index contributed by atoms with van der Waals surface area (Å²) in [4.78, 5) is 23.6. The lowest BCUT2D eigenvalue weighted by Crippen LogP contribution is -2.13. The summed E-state index contributed by atoms with van der Waals surface area (Å²) in [5.74, 6) is -0.465. The fraction of sp³-hybridized carbons (Fsp3) is 0.0909. The number of rotatable bonds is 7. The van der Waals surface area contributed by atoms with E-state index in [4.69, 9.17) is 10.5 Å². The molecule has 0 spiro atoms. The molecule has 0 saturated carbocycles. The van der Waals surface area contributed by atoms with Crippen molar-refractivity contribution in [3.63, 3.8) is 0 Å². The number of aromatic hydroxyl groups is 1. The molecule has 0 heterocycles. The van der Waals surface area contributed by atoms with Gasteiger partial charge >= 0.3 is 0 Å². The maximum atomic E-state index is 12.5. The Morgan fingerprint density at radius 2 is 1.48 bits per heavy atom. The minimum absolute atomic E-state index is 0.00519. The van der Waals surface area contributed by atoms with Gasteiger partial charge in [0.2, 0.25) is 5.91 Å². The van der Waals surface area contributed by atoms with Crippen molar-refractivity contribution in [2.75, 3.05) is 11.1 Å². The average Bonchev–Trinajstić information content (AvgIpc) is 2.76. The van der Waals surface area contributed by atoms with Gasteiger partial charge in [-0.2, -0.15) is 0 Å². The van der Waals surface area contributed by atoms with Crippen LogP contribution < -0.4 is 15.8 Å². The number of hydrogen-bond acceptors (Lipinski definition) is 6. The maximum absolute atomic E-state index is 12.5. The minimum atomic E-state index is -3.49. The number of phenols is 1. The lowest BCUT2D eigenvalue weighted by Gasteiger charge is -2.10. The fourth-order valence-electron chi connectivity index (χ4n) is 2.67. The van der Waals surface area contributed by atoms with E-state index >= 15 is 0 Å². The molecule has 0 aliphatic heterocycles. The van der Waals surface area contributed by atoms with E-state index in [0.29, 0.717) is 17.1 Å². The first-order chi connectivity index (χ1) is 14.7. The highest BCUT2D eigenvalue weighted by Crippen LogP contribution is 2.28. The van der Waals surface area contributed by atoms with Crippen LogP contribution in [0.5, 0.6) is 17.2 Å². The number of benzene rings is 3. The van der Waals surface area contributed by atoms with Crippen LogP contribution in [-0.4, -0.2) is 31.1 Å². The highest BCUT2D eigenvalue weighted by Gasteiger charge is 2.16. The van der Waals surface area contributed by atoms with Crippen molar-refractivity contribution in [2.45, 2.75) is 11.8 Å². The molecule has 0 radical (unpaired) electrons. The second kappa shape index (κ2) is 8.88. The number of hydrogen-bond donors (Lipinski definition) is 3. The van der Waals surface area contributed by atoms with Crippen molar-refractivity contribution in [3.8, 4) is 17.2 Å². The largest absolute Gasteiger partial charge is 0.506 e. The van der Waals surface area contributed by atoms with Crippen LogP contribution in [0.1, 0.15) is 27.6 Å². The molecule has 8 nitrogen and oxygen atoms in total. The Morgan fingerprint density at radius 1 is 0.935 bits per heavy atom. The predicted octanol–water partition coefficient (Wildman–Crippen LogP) is 3.33. The third-order valence-corrected chi connectivity index (χ3v) is 6.18. The van der Waals surface area contributed by atoms with Gasteiger partial charge in [-0.15, -0.1) is 0 Å². The molecule has 3 aromatic rings. The number of sulfone groups is 1. The zero-order valence-electron chi connectivity index (χ0n) is 16.5. The van der Waals surface area contributed by atoms with Gasteiger partial charge in [-0.3, -0.25) is 9.59 Å². The van der Waals surface area contributed by atoms with Gasteiger partial charge in [-0.1, -0.05) is 6.92 Å². The van der Waals surface area contributed by atoms with Crippen LogP contribution in [0.2, 0.25) is 0 Å². The van der Waals surface area contributed by atoms with Gasteiger partial charge in [0, 0.05) is 11.1 Å². The smallest absolute Gasteiger partial charge is 0.255 e. The molecule has 0 atom stereocenters. The van der Waals surface area contributed by atoms with Gasteiger partial charge in [-0.25, -0.2) is 8.42 Å². The lowest BCUT2D eigenvalue weighted by molar-refractivity contribution is 0.0997. The third kappa shape index (κ3) is 5.20. The number of carbonyl (C=O) groups is 2. The quantitative estimate of drug-likeness (QED) is 0.482. The average molecular weight is 440 g/mol. The number of nitrogens with two attached hydrogens (primary N) is 1. The van der Waals surface area contributed by atoms with Crippen molar-refractivity contribution >= 4 is 27.3 Å². The molecular weight excluding hydrogens is 420 g/mol. The minimum Gasteiger partial charge on any atom is -0.506 e. The van der Waals surface area contributed by atoms with Gasteiger partial charge in [0.05, 0.1) is 16.3 Å². The molecular formula is C22H20N2O6S. The first-order valence-corrected chi connectivity index (χ1v) is 10.9. The Kier molecular flexibility index (Phi) is 6.26. The summed E-state index contributed by atoms with van der Waals surface area (Å²) in [6.45, 7) is 1.51. The SMILES string of the molecule is CCS(=O)(=O)c1ccc(O)c(NC(=O)c2ccc(Oc3ccc(C(N)=O)cc3)cc2)c1. The molecule has 3 aromatic carbocycles. The zero-order valence-corrected chi connectivity index (χ0v) is 17.3. The molecule has 9 heteroatoms. The van der Waals surface area contributed by atoms with E-state index in [-0.39, 0.29) is 27.6 Å². The Morgan fingerprint density at radius 3 is 2.00 bits per heavy atom. The van der Waals surface area contributed by atoms with E-state index in [1.807, 2.05) is 0 Å². The van der Waals surface area contributed by atoms with Gasteiger partial charge in [0.25, 0.3) is 5.91 Å². The summed E-state index contributed by atoms with van der Waals surface area (Å²) in [5, 5.41) is 12.5.